The maximum Gasteiger partial charge on any atom is 0.131 e. The van der Waals surface area contributed by atoms with E-state index in [9.17, 15) is 0 Å². The second kappa shape index (κ2) is 3.52. The molecule has 0 atom stereocenters. The van der Waals surface area contributed by atoms with Gasteiger partial charge in [-0.2, -0.15) is 0 Å². The molecule has 0 bridgehead atoms. The van der Waals surface area contributed by atoms with Crippen molar-refractivity contribution in [3.63, 3.8) is 0 Å². The Labute approximate surface area is 93.3 Å². The molecule has 0 radical (unpaired) electrons. The molecule has 3 rings (SSSR count). The molecule has 1 aliphatic rings. The van der Waals surface area contributed by atoms with Crippen LogP contribution in [0, 0.1) is 0 Å². The van der Waals surface area contributed by atoms with Crippen molar-refractivity contribution in [1.29, 1.82) is 0 Å². The van der Waals surface area contributed by atoms with E-state index in [1.54, 1.807) is 12.4 Å². The van der Waals surface area contributed by atoms with E-state index in [0.717, 1.165) is 25.3 Å². The number of anilines is 2. The Morgan fingerprint density at radius 2 is 2.31 bits per heavy atom. The number of aromatic amines is 1. The molecule has 1 aliphatic heterocycles. The molecule has 2 aromatic rings. The van der Waals surface area contributed by atoms with Crippen LogP contribution < -0.4 is 10.6 Å². The monoisotopic (exact) mass is 215 g/mol. The smallest absolute Gasteiger partial charge is 0.131 e. The average Bonchev–Trinajstić information content (AvgIpc) is 2.75. The Hall–Kier alpha value is -2.04. The fourth-order valence-corrected chi connectivity index (χ4v) is 2.02. The van der Waals surface area contributed by atoms with Gasteiger partial charge in [-0.15, -0.1) is 0 Å². The lowest BCUT2D eigenvalue weighted by molar-refractivity contribution is 0.702. The molecule has 0 unspecified atom stereocenters. The van der Waals surface area contributed by atoms with Crippen molar-refractivity contribution in [2.24, 2.45) is 0 Å². The lowest BCUT2D eigenvalue weighted by atomic mass is 10.1. The molecule has 16 heavy (non-hydrogen) atoms. The molecule has 5 nitrogen and oxygen atoms in total. The maximum atomic E-state index is 5.68. The second-order valence-corrected chi connectivity index (χ2v) is 3.92. The van der Waals surface area contributed by atoms with E-state index >= 15 is 0 Å². The minimum Gasteiger partial charge on any atom is -0.384 e. The standard InChI is InChI=1S/C11H13N5/c12-10-2-1-3-11(15-10)16-5-4-8-9(6-16)14-7-13-8/h1-3,7H,4-6H2,(H2,12,15)(H,13,14). The number of rotatable bonds is 1. The van der Waals surface area contributed by atoms with Crippen LogP contribution in [0.5, 0.6) is 0 Å². The first-order valence-electron chi connectivity index (χ1n) is 5.31. The van der Waals surface area contributed by atoms with Gasteiger partial charge in [-0.25, -0.2) is 9.97 Å². The Balaban J connectivity index is 1.88. The maximum absolute atomic E-state index is 5.68. The number of nitrogens with two attached hydrogens (primary N) is 1. The quantitative estimate of drug-likeness (QED) is 0.743. The minimum atomic E-state index is 0.563. The summed E-state index contributed by atoms with van der Waals surface area (Å²) in [6, 6.07) is 5.72. The summed E-state index contributed by atoms with van der Waals surface area (Å²) < 4.78 is 0. The van der Waals surface area contributed by atoms with Gasteiger partial charge in [0.05, 0.1) is 24.3 Å². The van der Waals surface area contributed by atoms with Gasteiger partial charge in [0.2, 0.25) is 0 Å². The van der Waals surface area contributed by atoms with Crippen LogP contribution in [-0.2, 0) is 13.0 Å². The highest BCUT2D eigenvalue weighted by Gasteiger charge is 2.19. The number of aromatic nitrogens is 3. The summed E-state index contributed by atoms with van der Waals surface area (Å²) in [5.41, 5.74) is 8.03. The van der Waals surface area contributed by atoms with Crippen LogP contribution in [-0.4, -0.2) is 21.5 Å². The average molecular weight is 215 g/mol. The van der Waals surface area contributed by atoms with Gasteiger partial charge in [-0.3, -0.25) is 0 Å². The molecule has 0 aromatic carbocycles. The van der Waals surface area contributed by atoms with Crippen LogP contribution in [0.25, 0.3) is 0 Å². The Morgan fingerprint density at radius 3 is 3.19 bits per heavy atom. The highest BCUT2D eigenvalue weighted by atomic mass is 15.2. The molecule has 0 aliphatic carbocycles. The zero-order valence-electron chi connectivity index (χ0n) is 8.85. The predicted molar refractivity (Wildman–Crippen MR) is 62.0 cm³/mol. The molecular weight excluding hydrogens is 202 g/mol. The van der Waals surface area contributed by atoms with Crippen LogP contribution in [0.15, 0.2) is 24.5 Å². The number of fused-ring (bicyclic) bond motifs is 1. The molecule has 82 valence electrons. The number of nitrogens with zero attached hydrogens (tertiary/aromatic N) is 3. The fourth-order valence-electron chi connectivity index (χ4n) is 2.02. The summed E-state index contributed by atoms with van der Waals surface area (Å²) in [6.45, 7) is 1.76. The fraction of sp³-hybridized carbons (Fsp3) is 0.273. The summed E-state index contributed by atoms with van der Waals surface area (Å²) in [6.07, 6.45) is 2.70. The first-order chi connectivity index (χ1) is 7.83. The number of H-pyrrole nitrogens is 1. The number of hydrogen-bond acceptors (Lipinski definition) is 4. The lowest BCUT2D eigenvalue weighted by Gasteiger charge is -2.27. The van der Waals surface area contributed by atoms with Crippen molar-refractivity contribution in [2.75, 3.05) is 17.2 Å². The van der Waals surface area contributed by atoms with Crippen LogP contribution >= 0.6 is 0 Å². The molecule has 0 saturated carbocycles. The van der Waals surface area contributed by atoms with Crippen molar-refractivity contribution >= 4 is 11.6 Å². The molecule has 5 heteroatoms. The largest absolute Gasteiger partial charge is 0.384 e. The minimum absolute atomic E-state index is 0.563. The van der Waals surface area contributed by atoms with Gasteiger partial charge in [0.15, 0.2) is 0 Å². The normalized spacial score (nSPS) is 14.9. The third kappa shape index (κ3) is 1.50. The summed E-state index contributed by atoms with van der Waals surface area (Å²) in [5.74, 6) is 1.49. The number of hydrogen-bond donors (Lipinski definition) is 2. The van der Waals surface area contributed by atoms with Crippen LogP contribution in [0.1, 0.15) is 11.4 Å². The van der Waals surface area contributed by atoms with Gasteiger partial charge in [0, 0.05) is 13.0 Å². The zero-order valence-corrected chi connectivity index (χ0v) is 8.85. The van der Waals surface area contributed by atoms with Gasteiger partial charge in [0.25, 0.3) is 0 Å². The number of imidazole rings is 1. The highest BCUT2D eigenvalue weighted by Crippen LogP contribution is 2.21. The SMILES string of the molecule is Nc1cccc(N2CCc3nc[nH]c3C2)n1. The number of pyridine rings is 1. The zero-order chi connectivity index (χ0) is 11.0. The summed E-state index contributed by atoms with van der Waals surface area (Å²) in [7, 11) is 0. The van der Waals surface area contributed by atoms with E-state index < -0.39 is 0 Å². The van der Waals surface area contributed by atoms with Gasteiger partial charge < -0.3 is 15.6 Å². The van der Waals surface area contributed by atoms with Crippen molar-refractivity contribution in [2.45, 2.75) is 13.0 Å². The van der Waals surface area contributed by atoms with E-state index in [0.29, 0.717) is 5.82 Å². The van der Waals surface area contributed by atoms with Crippen LogP contribution in [0.3, 0.4) is 0 Å². The van der Waals surface area contributed by atoms with Crippen molar-refractivity contribution < 1.29 is 0 Å². The predicted octanol–water partition coefficient (Wildman–Crippen LogP) is 0.950. The van der Waals surface area contributed by atoms with E-state index in [1.165, 1.54) is 11.4 Å². The first-order valence-corrected chi connectivity index (χ1v) is 5.31. The van der Waals surface area contributed by atoms with Crippen LogP contribution in [0.4, 0.5) is 11.6 Å². The Kier molecular flexibility index (Phi) is 2.02. The summed E-state index contributed by atoms with van der Waals surface area (Å²) >= 11 is 0. The molecular formula is C11H13N5. The Bertz CT molecular complexity index is 505. The van der Waals surface area contributed by atoms with Crippen molar-refractivity contribution in [3.8, 4) is 0 Å². The topological polar surface area (TPSA) is 70.8 Å². The number of nitrogen functional groups attached to an aromatic ring is 1. The third-order valence-corrected chi connectivity index (χ3v) is 2.85. The van der Waals surface area contributed by atoms with Crippen molar-refractivity contribution in [1.82, 2.24) is 15.0 Å². The summed E-state index contributed by atoms with van der Waals surface area (Å²) in [5, 5.41) is 0. The van der Waals surface area contributed by atoms with E-state index in [-0.39, 0.29) is 0 Å². The van der Waals surface area contributed by atoms with Gasteiger partial charge in [-0.1, -0.05) is 6.07 Å². The third-order valence-electron chi connectivity index (χ3n) is 2.85. The highest BCUT2D eigenvalue weighted by molar-refractivity contribution is 5.46. The molecule has 0 fully saturated rings. The molecule has 0 spiro atoms. The Morgan fingerprint density at radius 1 is 1.38 bits per heavy atom. The van der Waals surface area contributed by atoms with Crippen LogP contribution in [0.2, 0.25) is 0 Å². The van der Waals surface area contributed by atoms with E-state index in [1.807, 2.05) is 12.1 Å². The molecule has 2 aromatic heterocycles. The van der Waals surface area contributed by atoms with Gasteiger partial charge in [-0.05, 0) is 12.1 Å². The lowest BCUT2D eigenvalue weighted by Crippen LogP contribution is -2.31. The van der Waals surface area contributed by atoms with Gasteiger partial charge in [0.1, 0.15) is 11.6 Å². The molecule has 0 saturated heterocycles. The molecule has 0 amide bonds. The van der Waals surface area contributed by atoms with Crippen molar-refractivity contribution in [3.05, 3.63) is 35.9 Å². The second-order valence-electron chi connectivity index (χ2n) is 3.92. The number of nitrogens with one attached hydrogen (secondary N) is 1. The molecule has 3 heterocycles. The van der Waals surface area contributed by atoms with Gasteiger partial charge >= 0.3 is 0 Å². The summed E-state index contributed by atoms with van der Waals surface area (Å²) in [4.78, 5) is 14.0. The first kappa shape index (κ1) is 9.21. The molecule has 3 N–H and O–H groups in total. The van der Waals surface area contributed by atoms with E-state index in [2.05, 4.69) is 19.9 Å². The van der Waals surface area contributed by atoms with E-state index in [4.69, 9.17) is 5.73 Å².